The van der Waals surface area contributed by atoms with Crippen molar-refractivity contribution in [2.75, 3.05) is 13.6 Å². The predicted molar refractivity (Wildman–Crippen MR) is 96.1 cm³/mol. The Hall–Kier alpha value is -2.62. The molecule has 1 atom stereocenters. The van der Waals surface area contributed by atoms with Gasteiger partial charge in [-0.05, 0) is 17.5 Å². The Kier molecular flexibility index (Phi) is 5.49. The number of ether oxygens (including phenoxy) is 1. The van der Waals surface area contributed by atoms with Crippen molar-refractivity contribution in [2.24, 2.45) is 0 Å². The first-order valence-corrected chi connectivity index (χ1v) is 8.69. The summed E-state index contributed by atoms with van der Waals surface area (Å²) in [5.41, 5.74) is 2.48. The van der Waals surface area contributed by atoms with Crippen molar-refractivity contribution in [3.63, 3.8) is 0 Å². The van der Waals surface area contributed by atoms with E-state index in [9.17, 15) is 9.59 Å². The van der Waals surface area contributed by atoms with Crippen LogP contribution in [0.1, 0.15) is 36.3 Å². The van der Waals surface area contributed by atoms with Crippen LogP contribution in [0.2, 0.25) is 0 Å². The maximum Gasteiger partial charge on any atom is 0.306 e. The van der Waals surface area contributed by atoms with Crippen molar-refractivity contribution in [1.29, 1.82) is 0 Å². The first-order chi connectivity index (χ1) is 12.1. The van der Waals surface area contributed by atoms with Crippen molar-refractivity contribution in [2.45, 2.75) is 31.3 Å². The molecule has 0 aliphatic carbocycles. The van der Waals surface area contributed by atoms with Crippen LogP contribution >= 0.6 is 0 Å². The van der Waals surface area contributed by atoms with Gasteiger partial charge in [0.2, 0.25) is 0 Å². The number of cyclic esters (lactones) is 1. The fourth-order valence-electron chi connectivity index (χ4n) is 3.27. The van der Waals surface area contributed by atoms with Crippen LogP contribution in [0.25, 0.3) is 0 Å². The molecule has 2 aromatic carbocycles. The fraction of sp³-hybridized carbons (Fsp3) is 0.333. The highest BCUT2D eigenvalue weighted by molar-refractivity contribution is 5.86. The summed E-state index contributed by atoms with van der Waals surface area (Å²) in [4.78, 5) is 25.3. The maximum absolute atomic E-state index is 12.4. The zero-order valence-corrected chi connectivity index (χ0v) is 14.4. The highest BCUT2D eigenvalue weighted by Crippen LogP contribution is 2.28. The van der Waals surface area contributed by atoms with E-state index in [0.29, 0.717) is 19.4 Å². The number of rotatable bonds is 6. The predicted octanol–water partition coefficient (Wildman–Crippen LogP) is 3.37. The van der Waals surface area contributed by atoms with Crippen molar-refractivity contribution in [1.82, 2.24) is 4.90 Å². The highest BCUT2D eigenvalue weighted by atomic mass is 16.6. The molecule has 0 saturated carbocycles. The first kappa shape index (κ1) is 17.2. The Balaban J connectivity index is 1.68. The van der Waals surface area contributed by atoms with Crippen molar-refractivity contribution >= 4 is 11.9 Å². The van der Waals surface area contributed by atoms with E-state index in [1.807, 2.05) is 36.4 Å². The Labute approximate surface area is 148 Å². The zero-order chi connectivity index (χ0) is 17.6. The minimum atomic E-state index is -0.607. The topological polar surface area (TPSA) is 46.6 Å². The largest absolute Gasteiger partial charge is 0.452 e. The lowest BCUT2D eigenvalue weighted by molar-refractivity contribution is -0.152. The third-order valence-corrected chi connectivity index (χ3v) is 4.69. The average molecular weight is 337 g/mol. The van der Waals surface area contributed by atoms with Crippen LogP contribution in [0.15, 0.2) is 60.7 Å². The Morgan fingerprint density at radius 2 is 1.64 bits per heavy atom. The van der Waals surface area contributed by atoms with Gasteiger partial charge in [0.15, 0.2) is 6.10 Å². The molecule has 1 saturated heterocycles. The van der Waals surface area contributed by atoms with E-state index in [-0.39, 0.29) is 17.8 Å². The molecule has 1 aliphatic heterocycles. The SMILES string of the molecule is CN(CCC(c1ccccc1)c1ccccc1)C(=O)C1CCC(=O)O1. The second kappa shape index (κ2) is 7.97. The Bertz CT molecular complexity index is 675. The van der Waals surface area contributed by atoms with E-state index in [0.717, 1.165) is 6.42 Å². The van der Waals surface area contributed by atoms with Crippen LogP contribution in [-0.2, 0) is 14.3 Å². The second-order valence-corrected chi connectivity index (χ2v) is 6.44. The van der Waals surface area contributed by atoms with Gasteiger partial charge in [-0.3, -0.25) is 9.59 Å². The van der Waals surface area contributed by atoms with E-state index >= 15 is 0 Å². The lowest BCUT2D eigenvalue weighted by Gasteiger charge is -2.24. The van der Waals surface area contributed by atoms with Gasteiger partial charge in [-0.15, -0.1) is 0 Å². The number of nitrogens with zero attached hydrogens (tertiary/aromatic N) is 1. The summed E-state index contributed by atoms with van der Waals surface area (Å²) < 4.78 is 5.09. The fourth-order valence-corrected chi connectivity index (χ4v) is 3.27. The molecule has 0 spiro atoms. The van der Waals surface area contributed by atoms with E-state index in [1.165, 1.54) is 11.1 Å². The number of carbonyl (C=O) groups excluding carboxylic acids is 2. The summed E-state index contributed by atoms with van der Waals surface area (Å²) in [5, 5.41) is 0. The third kappa shape index (κ3) is 4.27. The quantitative estimate of drug-likeness (QED) is 0.759. The van der Waals surface area contributed by atoms with E-state index in [2.05, 4.69) is 24.3 Å². The molecule has 1 amide bonds. The molecular weight excluding hydrogens is 314 g/mol. The van der Waals surface area contributed by atoms with Gasteiger partial charge in [0.1, 0.15) is 0 Å². The monoisotopic (exact) mass is 337 g/mol. The number of hydrogen-bond donors (Lipinski definition) is 0. The molecule has 25 heavy (non-hydrogen) atoms. The van der Waals surface area contributed by atoms with Crippen LogP contribution in [-0.4, -0.2) is 36.5 Å². The first-order valence-electron chi connectivity index (χ1n) is 8.69. The second-order valence-electron chi connectivity index (χ2n) is 6.44. The van der Waals surface area contributed by atoms with Gasteiger partial charge in [-0.25, -0.2) is 0 Å². The molecule has 4 nitrogen and oxygen atoms in total. The van der Waals surface area contributed by atoms with E-state index in [4.69, 9.17) is 4.74 Å². The highest BCUT2D eigenvalue weighted by Gasteiger charge is 2.32. The van der Waals surface area contributed by atoms with Gasteiger partial charge in [0, 0.05) is 32.4 Å². The average Bonchev–Trinajstić information content (AvgIpc) is 3.09. The van der Waals surface area contributed by atoms with Crippen LogP contribution in [0.4, 0.5) is 0 Å². The van der Waals surface area contributed by atoms with Gasteiger partial charge in [-0.2, -0.15) is 0 Å². The molecule has 0 bridgehead atoms. The van der Waals surface area contributed by atoms with Gasteiger partial charge in [-0.1, -0.05) is 60.7 Å². The summed E-state index contributed by atoms with van der Waals surface area (Å²) >= 11 is 0. The summed E-state index contributed by atoms with van der Waals surface area (Å²) in [5.74, 6) is -0.160. The van der Waals surface area contributed by atoms with Crippen molar-refractivity contribution in [3.8, 4) is 0 Å². The molecule has 2 aromatic rings. The van der Waals surface area contributed by atoms with Gasteiger partial charge in [0.05, 0.1) is 0 Å². The third-order valence-electron chi connectivity index (χ3n) is 4.69. The molecule has 0 N–H and O–H groups in total. The summed E-state index contributed by atoms with van der Waals surface area (Å²) in [6.45, 7) is 0.612. The molecule has 130 valence electrons. The normalized spacial score (nSPS) is 16.7. The molecule has 0 radical (unpaired) electrons. The summed E-state index contributed by atoms with van der Waals surface area (Å²) in [6, 6.07) is 20.7. The van der Waals surface area contributed by atoms with Crippen LogP contribution in [0, 0.1) is 0 Å². The smallest absolute Gasteiger partial charge is 0.306 e. The van der Waals surface area contributed by atoms with Crippen molar-refractivity contribution < 1.29 is 14.3 Å². The van der Waals surface area contributed by atoms with Crippen molar-refractivity contribution in [3.05, 3.63) is 71.8 Å². The van der Waals surface area contributed by atoms with Crippen LogP contribution in [0.3, 0.4) is 0 Å². The molecule has 1 unspecified atom stereocenters. The molecule has 1 fully saturated rings. The molecule has 3 rings (SSSR count). The lowest BCUT2D eigenvalue weighted by atomic mass is 9.88. The minimum Gasteiger partial charge on any atom is -0.452 e. The van der Waals surface area contributed by atoms with Gasteiger partial charge in [0.25, 0.3) is 5.91 Å². The lowest BCUT2D eigenvalue weighted by Crippen LogP contribution is -2.37. The number of esters is 1. The maximum atomic E-state index is 12.4. The van der Waals surface area contributed by atoms with Gasteiger partial charge >= 0.3 is 5.97 Å². The number of likely N-dealkylation sites (N-methyl/N-ethyl adjacent to an activating group) is 1. The standard InChI is InChI=1S/C21H23NO3/c1-22(21(24)19-12-13-20(23)25-19)15-14-18(16-8-4-2-5-9-16)17-10-6-3-7-11-17/h2-11,18-19H,12-15H2,1H3. The summed E-state index contributed by atoms with van der Waals surface area (Å²) in [6.07, 6.45) is 1.03. The minimum absolute atomic E-state index is 0.106. The van der Waals surface area contributed by atoms with Crippen LogP contribution < -0.4 is 0 Å². The molecule has 1 heterocycles. The molecule has 1 aliphatic rings. The zero-order valence-electron chi connectivity index (χ0n) is 14.4. The molecule has 4 heteroatoms. The molecular formula is C21H23NO3. The Morgan fingerprint density at radius 1 is 1.08 bits per heavy atom. The number of hydrogen-bond acceptors (Lipinski definition) is 3. The van der Waals surface area contributed by atoms with Gasteiger partial charge < -0.3 is 9.64 Å². The summed E-state index contributed by atoms with van der Waals surface area (Å²) in [7, 11) is 1.78. The van der Waals surface area contributed by atoms with Crippen LogP contribution in [0.5, 0.6) is 0 Å². The number of carbonyl (C=O) groups is 2. The number of benzene rings is 2. The number of amides is 1. The molecule has 0 aromatic heterocycles. The Morgan fingerprint density at radius 3 is 2.12 bits per heavy atom. The van der Waals surface area contributed by atoms with E-state index in [1.54, 1.807) is 11.9 Å². The van der Waals surface area contributed by atoms with E-state index < -0.39 is 6.10 Å².